The molecule has 0 aliphatic carbocycles. The molecule has 0 bridgehead atoms. The number of aromatic nitrogens is 9. The average Bonchev–Trinajstić information content (AvgIpc) is 2.85. The zero-order chi connectivity index (χ0) is 20.2. The molecule has 0 radical (unpaired) electrons. The summed E-state index contributed by atoms with van der Waals surface area (Å²) >= 11 is 0. The molecule has 0 aliphatic rings. The van der Waals surface area contributed by atoms with E-state index < -0.39 is 0 Å². The molecule has 0 amide bonds. The van der Waals surface area contributed by atoms with Crippen molar-refractivity contribution in [1.82, 2.24) is 44.9 Å². The van der Waals surface area contributed by atoms with E-state index in [-0.39, 0.29) is 0 Å². The van der Waals surface area contributed by atoms with Crippen molar-refractivity contribution in [3.8, 4) is 45.6 Å². The van der Waals surface area contributed by atoms with E-state index in [1.54, 1.807) is 0 Å². The third kappa shape index (κ3) is 3.59. The molecule has 9 heteroatoms. The lowest BCUT2D eigenvalue weighted by molar-refractivity contribution is 1.05. The van der Waals surface area contributed by atoms with Crippen LogP contribution >= 0.6 is 0 Å². The normalized spacial score (nSPS) is 10.7. The Bertz CT molecular complexity index is 1200. The number of hydrogen-bond acceptors (Lipinski definition) is 9. The van der Waals surface area contributed by atoms with Gasteiger partial charge in [-0.25, -0.2) is 44.9 Å². The fourth-order valence-electron chi connectivity index (χ4n) is 2.95. The topological polar surface area (TPSA) is 116 Å². The van der Waals surface area contributed by atoms with Gasteiger partial charge in [-0.1, -0.05) is 36.4 Å². The molecule has 5 aromatic rings. The minimum atomic E-state index is 0.557. The van der Waals surface area contributed by atoms with E-state index in [0.717, 1.165) is 22.3 Å². The van der Waals surface area contributed by atoms with Crippen LogP contribution in [-0.4, -0.2) is 44.9 Å². The molecule has 5 rings (SSSR count). The maximum atomic E-state index is 4.65. The largest absolute Gasteiger partial charge is 0.225 e. The minimum Gasteiger partial charge on any atom is -0.225 e. The summed E-state index contributed by atoms with van der Waals surface area (Å²) in [7, 11) is 0. The third-order valence-electron chi connectivity index (χ3n) is 4.32. The van der Waals surface area contributed by atoms with Crippen LogP contribution in [0.15, 0.2) is 80.2 Å². The summed E-state index contributed by atoms with van der Waals surface area (Å²) in [5, 5.41) is 0. The Morgan fingerprint density at radius 2 is 0.767 bits per heavy atom. The van der Waals surface area contributed by atoms with Gasteiger partial charge in [0.05, 0.1) is 0 Å². The number of nitrogens with zero attached hydrogens (tertiary/aromatic N) is 9. The molecule has 9 nitrogen and oxygen atoms in total. The molecule has 0 N–H and O–H groups in total. The van der Waals surface area contributed by atoms with Crippen LogP contribution in [0.5, 0.6) is 0 Å². The predicted octanol–water partition coefficient (Wildman–Crippen LogP) is 2.91. The lowest BCUT2D eigenvalue weighted by atomic mass is 10.1. The molecule has 3 aromatic heterocycles. The van der Waals surface area contributed by atoms with Crippen LogP contribution in [0.4, 0.5) is 0 Å². The van der Waals surface area contributed by atoms with Crippen molar-refractivity contribution < 1.29 is 0 Å². The molecule has 0 saturated heterocycles. The van der Waals surface area contributed by atoms with Gasteiger partial charge in [0, 0.05) is 22.3 Å². The van der Waals surface area contributed by atoms with E-state index in [9.17, 15) is 0 Å². The Morgan fingerprint density at radius 3 is 1.20 bits per heavy atom. The van der Waals surface area contributed by atoms with Crippen LogP contribution < -0.4 is 0 Å². The van der Waals surface area contributed by atoms with Crippen LogP contribution in [0.2, 0.25) is 0 Å². The highest BCUT2D eigenvalue weighted by atomic mass is 15.0. The van der Waals surface area contributed by atoms with Crippen molar-refractivity contribution in [2.24, 2.45) is 0 Å². The Labute approximate surface area is 171 Å². The molecular formula is C21H13N9. The Morgan fingerprint density at radius 1 is 0.400 bits per heavy atom. The van der Waals surface area contributed by atoms with Crippen LogP contribution in [0.25, 0.3) is 45.6 Å². The predicted molar refractivity (Wildman–Crippen MR) is 108 cm³/mol. The summed E-state index contributed by atoms with van der Waals surface area (Å²) in [6, 6.07) is 15.4. The number of rotatable bonds is 4. The number of hydrogen-bond donors (Lipinski definition) is 0. The quantitative estimate of drug-likeness (QED) is 0.456. The number of benzene rings is 2. The fraction of sp³-hybridized carbons (Fsp3) is 0. The Balaban J connectivity index is 1.52. The molecule has 142 valence electrons. The maximum absolute atomic E-state index is 4.65. The van der Waals surface area contributed by atoms with Gasteiger partial charge < -0.3 is 0 Å². The molecule has 2 aromatic carbocycles. The first-order valence-electron chi connectivity index (χ1n) is 9.01. The Kier molecular flexibility index (Phi) is 4.59. The third-order valence-corrected chi connectivity index (χ3v) is 4.32. The highest BCUT2D eigenvalue weighted by molar-refractivity contribution is 5.69. The monoisotopic (exact) mass is 391 g/mol. The first-order chi connectivity index (χ1) is 14.9. The van der Waals surface area contributed by atoms with E-state index in [2.05, 4.69) is 44.9 Å². The van der Waals surface area contributed by atoms with Crippen LogP contribution in [-0.2, 0) is 0 Å². The molecule has 0 atom stereocenters. The van der Waals surface area contributed by atoms with Crippen molar-refractivity contribution in [3.63, 3.8) is 0 Å². The van der Waals surface area contributed by atoms with E-state index >= 15 is 0 Å². The molecule has 0 saturated carbocycles. The van der Waals surface area contributed by atoms with Crippen molar-refractivity contribution >= 4 is 0 Å². The van der Waals surface area contributed by atoms with Gasteiger partial charge in [-0.3, -0.25) is 0 Å². The zero-order valence-corrected chi connectivity index (χ0v) is 15.5. The summed E-state index contributed by atoms with van der Waals surface area (Å²) in [6.07, 6.45) is 7.37. The highest BCUT2D eigenvalue weighted by Crippen LogP contribution is 2.25. The molecule has 0 aliphatic heterocycles. The van der Waals surface area contributed by atoms with Gasteiger partial charge in [0.1, 0.15) is 31.6 Å². The van der Waals surface area contributed by atoms with Crippen LogP contribution in [0, 0.1) is 0 Å². The summed E-state index contributed by atoms with van der Waals surface area (Å²) in [5.41, 5.74) is 3.39. The van der Waals surface area contributed by atoms with Gasteiger partial charge in [0.15, 0.2) is 23.3 Å². The minimum absolute atomic E-state index is 0.557. The van der Waals surface area contributed by atoms with E-state index in [0.29, 0.717) is 23.3 Å². The second-order valence-corrected chi connectivity index (χ2v) is 6.22. The lowest BCUT2D eigenvalue weighted by Gasteiger charge is -2.06. The summed E-state index contributed by atoms with van der Waals surface area (Å²) in [5.74, 6) is 2.29. The van der Waals surface area contributed by atoms with Crippen molar-refractivity contribution in [1.29, 1.82) is 0 Å². The standard InChI is InChI=1S/C21H13N9/c1-3-14(18-24-9-22-10-25-18)7-16(5-1)20-28-13-29-21(30-20)17-6-2-4-15(8-17)19-26-11-23-12-27-19/h1-13H. The van der Waals surface area contributed by atoms with E-state index in [4.69, 9.17) is 0 Å². The first-order valence-corrected chi connectivity index (χ1v) is 9.01. The smallest absolute Gasteiger partial charge is 0.163 e. The maximum Gasteiger partial charge on any atom is 0.163 e. The Hall–Kier alpha value is -4.53. The fourth-order valence-corrected chi connectivity index (χ4v) is 2.95. The zero-order valence-electron chi connectivity index (χ0n) is 15.5. The van der Waals surface area contributed by atoms with Gasteiger partial charge in [-0.2, -0.15) is 0 Å². The average molecular weight is 391 g/mol. The van der Waals surface area contributed by atoms with E-state index in [1.807, 2.05) is 48.5 Å². The molecule has 3 heterocycles. The van der Waals surface area contributed by atoms with Gasteiger partial charge in [-0.05, 0) is 12.1 Å². The van der Waals surface area contributed by atoms with Crippen molar-refractivity contribution in [2.75, 3.05) is 0 Å². The van der Waals surface area contributed by atoms with Crippen molar-refractivity contribution in [2.45, 2.75) is 0 Å². The van der Waals surface area contributed by atoms with Gasteiger partial charge in [0.2, 0.25) is 0 Å². The molecule has 0 unspecified atom stereocenters. The van der Waals surface area contributed by atoms with Gasteiger partial charge >= 0.3 is 0 Å². The van der Waals surface area contributed by atoms with Crippen molar-refractivity contribution in [3.05, 3.63) is 80.2 Å². The van der Waals surface area contributed by atoms with Gasteiger partial charge in [-0.15, -0.1) is 0 Å². The van der Waals surface area contributed by atoms with Crippen LogP contribution in [0.1, 0.15) is 0 Å². The van der Waals surface area contributed by atoms with E-state index in [1.165, 1.54) is 31.6 Å². The van der Waals surface area contributed by atoms with Crippen LogP contribution in [0.3, 0.4) is 0 Å². The second kappa shape index (κ2) is 7.84. The second-order valence-electron chi connectivity index (χ2n) is 6.22. The summed E-state index contributed by atoms with van der Waals surface area (Å²) < 4.78 is 0. The molecule has 0 fully saturated rings. The van der Waals surface area contributed by atoms with Gasteiger partial charge in [0.25, 0.3) is 0 Å². The summed E-state index contributed by atoms with van der Waals surface area (Å²) in [6.45, 7) is 0. The first kappa shape index (κ1) is 17.6. The molecular weight excluding hydrogens is 378 g/mol. The molecule has 30 heavy (non-hydrogen) atoms. The lowest BCUT2D eigenvalue weighted by Crippen LogP contribution is -1.96. The summed E-state index contributed by atoms with van der Waals surface area (Å²) in [4.78, 5) is 37.8. The molecule has 0 spiro atoms. The highest BCUT2D eigenvalue weighted by Gasteiger charge is 2.10. The SMILES string of the molecule is c1cc(-c2ncncn2)cc(-c2ncnc(-c3cccc(-c4ncncn4)c3)n2)c1.